The van der Waals surface area contributed by atoms with E-state index in [1.165, 1.54) is 0 Å². The number of aliphatic carboxylic acids is 1. The fraction of sp³-hybridized carbons (Fsp3) is 0.375. The summed E-state index contributed by atoms with van der Waals surface area (Å²) in [4.78, 5) is 25.7. The normalized spacial score (nSPS) is 30.4. The Bertz CT molecular complexity index is 566. The van der Waals surface area contributed by atoms with Gasteiger partial charge in [0.25, 0.3) is 0 Å². The maximum Gasteiger partial charge on any atom is 0.307 e. The third-order valence-electron chi connectivity index (χ3n) is 4.50. The van der Waals surface area contributed by atoms with Crippen LogP contribution in [0, 0.1) is 23.7 Å². The van der Waals surface area contributed by atoms with E-state index in [2.05, 4.69) is 0 Å². The molecular weight excluding hydrogens is 254 g/mol. The number of hydrogen-bond donors (Lipinski definition) is 1. The fourth-order valence-corrected chi connectivity index (χ4v) is 3.50. The predicted molar refractivity (Wildman–Crippen MR) is 75.2 cm³/mol. The lowest BCUT2D eigenvalue weighted by atomic mass is 9.82. The lowest BCUT2D eigenvalue weighted by molar-refractivity contribution is -0.147. The topological polar surface area (TPSA) is 57.6 Å². The third-order valence-corrected chi connectivity index (χ3v) is 4.50. The van der Waals surface area contributed by atoms with E-state index in [4.69, 9.17) is 0 Å². The second-order valence-electron chi connectivity index (χ2n) is 5.57. The van der Waals surface area contributed by atoms with Crippen LogP contribution in [0.2, 0.25) is 0 Å². The molecule has 4 heteroatoms. The van der Waals surface area contributed by atoms with Gasteiger partial charge in [-0.2, -0.15) is 0 Å². The molecule has 1 amide bonds. The van der Waals surface area contributed by atoms with Crippen LogP contribution in [-0.4, -0.2) is 24.0 Å². The third kappa shape index (κ3) is 1.92. The average Bonchev–Trinajstić information content (AvgIpc) is 3.07. The van der Waals surface area contributed by atoms with Gasteiger partial charge >= 0.3 is 5.97 Å². The van der Waals surface area contributed by atoms with Gasteiger partial charge in [0.15, 0.2) is 0 Å². The highest BCUT2D eigenvalue weighted by Crippen LogP contribution is 2.48. The number of amides is 1. The van der Waals surface area contributed by atoms with Gasteiger partial charge in [0.05, 0.1) is 11.8 Å². The van der Waals surface area contributed by atoms with Gasteiger partial charge in [0.2, 0.25) is 5.91 Å². The molecule has 1 aromatic carbocycles. The number of allylic oxidation sites excluding steroid dienone is 2. The molecule has 3 rings (SSSR count). The second kappa shape index (κ2) is 4.78. The Morgan fingerprint density at radius 1 is 1.10 bits per heavy atom. The van der Waals surface area contributed by atoms with Crippen molar-refractivity contribution in [3.8, 4) is 0 Å². The molecule has 4 unspecified atom stereocenters. The number of hydrogen-bond acceptors (Lipinski definition) is 2. The first-order valence-electron chi connectivity index (χ1n) is 6.83. The van der Waals surface area contributed by atoms with Crippen LogP contribution in [0.5, 0.6) is 0 Å². The van der Waals surface area contributed by atoms with Crippen molar-refractivity contribution in [2.75, 3.05) is 11.9 Å². The SMILES string of the molecule is CN(C(=O)C1C2C=CC(C2)C1C(=O)O)c1ccccc1. The first-order chi connectivity index (χ1) is 9.59. The molecule has 0 aromatic heterocycles. The van der Waals surface area contributed by atoms with Crippen molar-refractivity contribution < 1.29 is 14.7 Å². The van der Waals surface area contributed by atoms with E-state index >= 15 is 0 Å². The molecular formula is C16H17NO3. The zero-order chi connectivity index (χ0) is 14.3. The van der Waals surface area contributed by atoms with Crippen molar-refractivity contribution in [1.82, 2.24) is 0 Å². The summed E-state index contributed by atoms with van der Waals surface area (Å²) in [6.45, 7) is 0. The van der Waals surface area contributed by atoms with E-state index in [1.807, 2.05) is 42.5 Å². The first kappa shape index (κ1) is 12.9. The van der Waals surface area contributed by atoms with Gasteiger partial charge in [-0.1, -0.05) is 30.4 Å². The molecule has 2 aliphatic carbocycles. The van der Waals surface area contributed by atoms with Crippen LogP contribution in [-0.2, 0) is 9.59 Å². The molecule has 4 atom stereocenters. The Balaban J connectivity index is 1.87. The summed E-state index contributed by atoms with van der Waals surface area (Å²) in [5.41, 5.74) is 0.799. The molecule has 104 valence electrons. The van der Waals surface area contributed by atoms with Gasteiger partial charge in [-0.15, -0.1) is 0 Å². The molecule has 2 bridgehead atoms. The number of carboxylic acids is 1. The van der Waals surface area contributed by atoms with E-state index in [-0.39, 0.29) is 17.7 Å². The number of rotatable bonds is 3. The molecule has 0 radical (unpaired) electrons. The summed E-state index contributed by atoms with van der Waals surface area (Å²) >= 11 is 0. The van der Waals surface area contributed by atoms with Crippen LogP contribution >= 0.6 is 0 Å². The van der Waals surface area contributed by atoms with Crippen molar-refractivity contribution in [2.24, 2.45) is 23.7 Å². The van der Waals surface area contributed by atoms with Gasteiger partial charge in [0.1, 0.15) is 0 Å². The van der Waals surface area contributed by atoms with Crippen molar-refractivity contribution in [3.05, 3.63) is 42.5 Å². The summed E-state index contributed by atoms with van der Waals surface area (Å²) in [6.07, 6.45) is 4.75. The van der Waals surface area contributed by atoms with Crippen LogP contribution in [0.3, 0.4) is 0 Å². The Labute approximate surface area is 117 Å². The lowest BCUT2D eigenvalue weighted by Crippen LogP contribution is -2.41. The second-order valence-corrected chi connectivity index (χ2v) is 5.57. The number of carboxylic acid groups (broad SMARTS) is 1. The summed E-state index contributed by atoms with van der Waals surface area (Å²) in [7, 11) is 1.71. The Morgan fingerprint density at radius 2 is 1.70 bits per heavy atom. The number of anilines is 1. The zero-order valence-electron chi connectivity index (χ0n) is 11.3. The smallest absolute Gasteiger partial charge is 0.307 e. The summed E-state index contributed by atoms with van der Waals surface area (Å²) in [5, 5.41) is 9.40. The van der Waals surface area contributed by atoms with Gasteiger partial charge in [-0.05, 0) is 30.4 Å². The maximum absolute atomic E-state index is 12.7. The molecule has 2 aliphatic rings. The molecule has 0 spiro atoms. The molecule has 1 N–H and O–H groups in total. The maximum atomic E-state index is 12.7. The highest BCUT2D eigenvalue weighted by atomic mass is 16.4. The molecule has 4 nitrogen and oxygen atoms in total. The van der Waals surface area contributed by atoms with Crippen LogP contribution in [0.1, 0.15) is 6.42 Å². The van der Waals surface area contributed by atoms with Gasteiger partial charge < -0.3 is 10.0 Å². The predicted octanol–water partition coefficient (Wildman–Crippen LogP) is 2.17. The fourth-order valence-electron chi connectivity index (χ4n) is 3.50. The van der Waals surface area contributed by atoms with Crippen LogP contribution < -0.4 is 4.90 Å². The first-order valence-corrected chi connectivity index (χ1v) is 6.83. The number of nitrogens with zero attached hydrogens (tertiary/aromatic N) is 1. The lowest BCUT2D eigenvalue weighted by Gasteiger charge is -2.28. The summed E-state index contributed by atoms with van der Waals surface area (Å²) in [6, 6.07) is 9.35. The largest absolute Gasteiger partial charge is 0.481 e. The molecule has 0 heterocycles. The Hall–Kier alpha value is -2.10. The molecule has 1 aromatic rings. The molecule has 1 saturated carbocycles. The average molecular weight is 271 g/mol. The minimum Gasteiger partial charge on any atom is -0.481 e. The Kier molecular flexibility index (Phi) is 3.08. The highest BCUT2D eigenvalue weighted by molar-refractivity contribution is 5.97. The Morgan fingerprint density at radius 3 is 2.30 bits per heavy atom. The number of fused-ring (bicyclic) bond motifs is 2. The van der Waals surface area contributed by atoms with Crippen LogP contribution in [0.25, 0.3) is 0 Å². The summed E-state index contributed by atoms with van der Waals surface area (Å²) in [5.74, 6) is -1.89. The van der Waals surface area contributed by atoms with Crippen molar-refractivity contribution >= 4 is 17.6 Å². The van der Waals surface area contributed by atoms with E-state index in [1.54, 1.807) is 11.9 Å². The zero-order valence-corrected chi connectivity index (χ0v) is 11.3. The van der Waals surface area contributed by atoms with Crippen LogP contribution in [0.4, 0.5) is 5.69 Å². The van der Waals surface area contributed by atoms with E-state index < -0.39 is 17.8 Å². The number of carbonyl (C=O) groups is 2. The van der Waals surface area contributed by atoms with Gasteiger partial charge in [0, 0.05) is 12.7 Å². The minimum absolute atomic E-state index is 0.00984. The molecule has 1 fully saturated rings. The molecule has 0 saturated heterocycles. The summed E-state index contributed by atoms with van der Waals surface area (Å²) < 4.78 is 0. The van der Waals surface area contributed by atoms with E-state index in [9.17, 15) is 14.7 Å². The number of carbonyl (C=O) groups excluding carboxylic acids is 1. The number of benzene rings is 1. The number of para-hydroxylation sites is 1. The van der Waals surface area contributed by atoms with E-state index in [0.29, 0.717) is 0 Å². The van der Waals surface area contributed by atoms with E-state index in [0.717, 1.165) is 12.1 Å². The standard InChI is InChI=1S/C16H17NO3/c1-17(12-5-3-2-4-6-12)15(18)13-10-7-8-11(9-10)14(13)16(19)20/h2-8,10-11,13-14H,9H2,1H3,(H,19,20). The molecule has 20 heavy (non-hydrogen) atoms. The van der Waals surface area contributed by atoms with Crippen molar-refractivity contribution in [2.45, 2.75) is 6.42 Å². The highest BCUT2D eigenvalue weighted by Gasteiger charge is 2.52. The van der Waals surface area contributed by atoms with Crippen molar-refractivity contribution in [3.63, 3.8) is 0 Å². The van der Waals surface area contributed by atoms with Crippen LogP contribution in [0.15, 0.2) is 42.5 Å². The minimum atomic E-state index is -0.860. The van der Waals surface area contributed by atoms with Gasteiger partial charge in [-0.25, -0.2) is 0 Å². The molecule has 0 aliphatic heterocycles. The van der Waals surface area contributed by atoms with Crippen molar-refractivity contribution in [1.29, 1.82) is 0 Å². The monoisotopic (exact) mass is 271 g/mol. The van der Waals surface area contributed by atoms with Gasteiger partial charge in [-0.3, -0.25) is 9.59 Å². The quantitative estimate of drug-likeness (QED) is 0.857.